The van der Waals surface area contributed by atoms with Gasteiger partial charge in [0.15, 0.2) is 5.58 Å². The highest BCUT2D eigenvalue weighted by Crippen LogP contribution is 2.33. The number of para-hydroxylation sites is 2. The predicted octanol–water partition coefficient (Wildman–Crippen LogP) is 11.8. The number of aromatic nitrogens is 1. The second-order valence-corrected chi connectivity index (χ2v) is 18.4. The molecule has 1 heterocycles. The molecule has 2 N–H and O–H groups in total. The number of aryl methyl sites for hydroxylation is 1. The quantitative estimate of drug-likeness (QED) is 0.0297. The van der Waals surface area contributed by atoms with Crippen molar-refractivity contribution in [2.45, 2.75) is 121 Å². The van der Waals surface area contributed by atoms with E-state index in [2.05, 4.69) is 28.0 Å². The zero-order chi connectivity index (χ0) is 45.5. The van der Waals surface area contributed by atoms with E-state index in [1.807, 2.05) is 19.1 Å². The molecule has 336 valence electrons. The van der Waals surface area contributed by atoms with Crippen LogP contribution in [0.15, 0.2) is 100 Å². The number of oxazole rings is 1. The lowest BCUT2D eigenvalue weighted by atomic mass is 10.0. The van der Waals surface area contributed by atoms with Crippen molar-refractivity contribution < 1.29 is 32.0 Å². The first kappa shape index (κ1) is 47.7. The maximum absolute atomic E-state index is 14.4. The molecule has 1 aromatic heterocycles. The van der Waals surface area contributed by atoms with Crippen LogP contribution in [0.3, 0.4) is 0 Å². The summed E-state index contributed by atoms with van der Waals surface area (Å²) in [6.07, 6.45) is 13.3. The Morgan fingerprint density at radius 2 is 1.58 bits per heavy atom. The number of ketones is 1. The second kappa shape index (κ2) is 23.2. The summed E-state index contributed by atoms with van der Waals surface area (Å²) >= 11 is 6.56. The molecule has 4 aromatic carbocycles. The number of anilines is 2. The van der Waals surface area contributed by atoms with Gasteiger partial charge in [0.2, 0.25) is 27.8 Å². The summed E-state index contributed by atoms with van der Waals surface area (Å²) in [6.45, 7) is 4.34. The summed E-state index contributed by atoms with van der Waals surface area (Å²) in [5.41, 5.74) is 3.50. The molecule has 0 saturated heterocycles. The summed E-state index contributed by atoms with van der Waals surface area (Å²) in [7, 11) is -3.90. The largest absolute Gasteiger partial charge is 0.435 e. The highest BCUT2D eigenvalue weighted by molar-refractivity contribution is 7.89. The first-order valence-electron chi connectivity index (χ1n) is 22.3. The Hall–Kier alpha value is -5.81. The summed E-state index contributed by atoms with van der Waals surface area (Å²) in [6, 6.07) is 26.4. The molecule has 1 fully saturated rings. The highest BCUT2D eigenvalue weighted by atomic mass is 35.5. The molecule has 0 spiro atoms. The van der Waals surface area contributed by atoms with Crippen LogP contribution in [0, 0.1) is 18.3 Å². The van der Waals surface area contributed by atoms with E-state index in [9.17, 15) is 28.1 Å². The third-order valence-corrected chi connectivity index (χ3v) is 13.2. The highest BCUT2D eigenvalue weighted by Gasteiger charge is 2.37. The van der Waals surface area contributed by atoms with Crippen LogP contribution in [0.5, 0.6) is 0 Å². The monoisotopic (exact) mass is 905 g/mol. The SMILES string of the molecule is CCCCCCCCCCCCNS(=O)(=O)c1ccc(NC(=O)C(OC(=O)N(c2ccc(C=C(C#N)c3nc4ccccc4o3)c(C)c2)C2CCCC2)C(=O)c2ccccc2)c(Cl)c1. The van der Waals surface area contributed by atoms with Crippen LogP contribution in [0.1, 0.15) is 124 Å². The minimum atomic E-state index is -3.90. The van der Waals surface area contributed by atoms with Crippen LogP contribution in [0.4, 0.5) is 16.2 Å². The minimum Gasteiger partial charge on any atom is -0.435 e. The third-order valence-electron chi connectivity index (χ3n) is 11.4. The summed E-state index contributed by atoms with van der Waals surface area (Å²) in [5, 5.41) is 12.5. The first-order valence-corrected chi connectivity index (χ1v) is 24.1. The zero-order valence-corrected chi connectivity index (χ0v) is 38.1. The Bertz CT molecular complexity index is 2550. The molecule has 5 aromatic rings. The van der Waals surface area contributed by atoms with Gasteiger partial charge in [0, 0.05) is 23.8 Å². The molecule has 14 heteroatoms. The van der Waals surface area contributed by atoms with Crippen LogP contribution in [-0.4, -0.2) is 49.9 Å². The normalized spacial score (nSPS) is 13.7. The molecule has 0 radical (unpaired) electrons. The van der Waals surface area contributed by atoms with Gasteiger partial charge < -0.3 is 14.5 Å². The molecule has 1 atom stereocenters. The van der Waals surface area contributed by atoms with E-state index >= 15 is 0 Å². The van der Waals surface area contributed by atoms with Crippen molar-refractivity contribution in [1.29, 1.82) is 5.26 Å². The van der Waals surface area contributed by atoms with Crippen LogP contribution < -0.4 is 14.9 Å². The number of Topliss-reactive ketones (excluding diaryl/α,β-unsaturated/α-hetero) is 1. The fourth-order valence-corrected chi connectivity index (χ4v) is 9.28. The van der Waals surface area contributed by atoms with Crippen LogP contribution >= 0.6 is 11.6 Å². The van der Waals surface area contributed by atoms with Crippen molar-refractivity contribution in [2.24, 2.45) is 0 Å². The Balaban J connectivity index is 1.15. The van der Waals surface area contributed by atoms with Crippen molar-refractivity contribution in [3.63, 3.8) is 0 Å². The molecule has 6 rings (SSSR count). The lowest BCUT2D eigenvalue weighted by molar-refractivity contribution is -0.122. The lowest BCUT2D eigenvalue weighted by Gasteiger charge is -2.30. The molecular formula is C50H56ClN5O7S. The molecule has 2 amide bonds. The summed E-state index contributed by atoms with van der Waals surface area (Å²) < 4.78 is 40.7. The number of carbonyl (C=O) groups excluding carboxylic acids is 3. The molecular weight excluding hydrogens is 850 g/mol. The Morgan fingerprint density at radius 3 is 2.23 bits per heavy atom. The van der Waals surface area contributed by atoms with Gasteiger partial charge in [0.1, 0.15) is 17.2 Å². The summed E-state index contributed by atoms with van der Waals surface area (Å²) in [4.78, 5) is 48.3. The number of nitriles is 1. The van der Waals surface area contributed by atoms with Crippen molar-refractivity contribution >= 4 is 73.5 Å². The zero-order valence-electron chi connectivity index (χ0n) is 36.5. The molecule has 1 unspecified atom stereocenters. The van der Waals surface area contributed by atoms with Crippen molar-refractivity contribution in [3.8, 4) is 6.07 Å². The van der Waals surface area contributed by atoms with Crippen molar-refractivity contribution in [1.82, 2.24) is 9.71 Å². The topological polar surface area (TPSA) is 172 Å². The molecule has 0 aliphatic heterocycles. The van der Waals surface area contributed by atoms with Crippen LogP contribution in [-0.2, 0) is 19.6 Å². The van der Waals surface area contributed by atoms with Crippen molar-refractivity contribution in [2.75, 3.05) is 16.8 Å². The second-order valence-electron chi connectivity index (χ2n) is 16.2. The van der Waals surface area contributed by atoms with Gasteiger partial charge >= 0.3 is 6.09 Å². The van der Waals surface area contributed by atoms with E-state index in [0.717, 1.165) is 37.7 Å². The minimum absolute atomic E-state index is 0.0312. The average Bonchev–Trinajstić information content (AvgIpc) is 3.99. The smallest absolute Gasteiger partial charge is 0.415 e. The number of rotatable bonds is 22. The van der Waals surface area contributed by atoms with Crippen molar-refractivity contribution in [3.05, 3.63) is 119 Å². The molecule has 1 saturated carbocycles. The van der Waals surface area contributed by atoms with E-state index in [1.54, 1.807) is 54.6 Å². The summed E-state index contributed by atoms with van der Waals surface area (Å²) in [5.74, 6) is -1.54. The molecule has 1 aliphatic rings. The fourth-order valence-electron chi connectivity index (χ4n) is 7.89. The van der Waals surface area contributed by atoms with Gasteiger partial charge in [-0.15, -0.1) is 0 Å². The number of nitrogens with one attached hydrogen (secondary N) is 2. The third kappa shape index (κ3) is 12.7. The number of hydrogen-bond donors (Lipinski definition) is 2. The van der Waals surface area contributed by atoms with E-state index in [-0.39, 0.29) is 45.2 Å². The molecule has 64 heavy (non-hydrogen) atoms. The maximum atomic E-state index is 14.4. The fraction of sp³-hybridized carbons (Fsp3) is 0.380. The van der Waals surface area contributed by atoms with E-state index in [1.165, 1.54) is 73.8 Å². The Morgan fingerprint density at radius 1 is 0.906 bits per heavy atom. The van der Waals surface area contributed by atoms with Gasteiger partial charge in [-0.05, 0) is 85.9 Å². The van der Waals surface area contributed by atoms with Gasteiger partial charge in [-0.25, -0.2) is 22.9 Å². The van der Waals surface area contributed by atoms with Gasteiger partial charge in [-0.1, -0.05) is 138 Å². The number of benzene rings is 4. The number of amides is 2. The van der Waals surface area contributed by atoms with Gasteiger partial charge in [0.25, 0.3) is 5.91 Å². The maximum Gasteiger partial charge on any atom is 0.415 e. The van der Waals surface area contributed by atoms with E-state index in [0.29, 0.717) is 41.6 Å². The molecule has 1 aliphatic carbocycles. The van der Waals surface area contributed by atoms with Crippen LogP contribution in [0.2, 0.25) is 5.02 Å². The number of fused-ring (bicyclic) bond motifs is 1. The van der Waals surface area contributed by atoms with E-state index in [4.69, 9.17) is 20.8 Å². The predicted molar refractivity (Wildman–Crippen MR) is 252 cm³/mol. The number of unbranched alkanes of at least 4 members (excludes halogenated alkanes) is 9. The Kier molecular flexibility index (Phi) is 17.3. The number of nitrogens with zero attached hydrogens (tertiary/aromatic N) is 3. The average molecular weight is 907 g/mol. The Labute approximate surface area is 381 Å². The molecule has 0 bridgehead atoms. The van der Waals surface area contributed by atoms with Crippen LogP contribution in [0.25, 0.3) is 22.7 Å². The number of sulfonamides is 1. The number of hydrogen-bond acceptors (Lipinski definition) is 9. The first-order chi connectivity index (χ1) is 31.0. The standard InChI is InChI=1S/C50H56ClN5O7S/c1-3-4-5-6-7-8-9-10-11-19-30-53-64(60,61)41-28-29-43(42(51)33-41)54-48(58)47(46(57)36-20-13-12-14-21-36)63-50(59)56(39-22-15-16-23-39)40-27-26-37(35(2)31-40)32-38(34-52)49-55-44-24-17-18-25-45(44)62-49/h12-14,17-18,20-21,24-29,31-33,39,47,53H,3-11,15-16,19,22-23,30H2,1-2H3,(H,54,58). The number of halogens is 1. The van der Waals surface area contributed by atoms with Gasteiger partial charge in [-0.3, -0.25) is 14.5 Å². The number of ether oxygens (including phenoxy) is 1. The molecule has 12 nitrogen and oxygen atoms in total. The number of allylic oxidation sites excluding steroid dienone is 1. The van der Waals surface area contributed by atoms with E-state index < -0.39 is 33.9 Å². The van der Waals surface area contributed by atoms with Gasteiger partial charge in [0.05, 0.1) is 15.6 Å². The number of carbonyl (C=O) groups is 3. The lowest BCUT2D eigenvalue weighted by Crippen LogP contribution is -2.46. The van der Waals surface area contributed by atoms with Gasteiger partial charge in [-0.2, -0.15) is 5.26 Å².